The lowest BCUT2D eigenvalue weighted by Crippen LogP contribution is -2.16. The van der Waals surface area contributed by atoms with E-state index in [4.69, 9.17) is 10.00 Å². The van der Waals surface area contributed by atoms with E-state index in [1.165, 1.54) is 6.20 Å². The number of hydrogen-bond donors (Lipinski definition) is 0. The van der Waals surface area contributed by atoms with Gasteiger partial charge in [0.05, 0.1) is 6.10 Å². The molecule has 4 nitrogen and oxygen atoms in total. The molecule has 0 saturated carbocycles. The highest BCUT2D eigenvalue weighted by Crippen LogP contribution is 2.13. The van der Waals surface area contributed by atoms with Gasteiger partial charge in [0.2, 0.25) is 0 Å². The minimum absolute atomic E-state index is 0.0185. The molecule has 4 heteroatoms. The number of anilines is 1. The zero-order chi connectivity index (χ0) is 13.5. The summed E-state index contributed by atoms with van der Waals surface area (Å²) in [6.07, 6.45) is 1.23. The number of ether oxygens (including phenoxy) is 1. The highest BCUT2D eigenvalue weighted by atomic mass is 16.5. The molecule has 0 fully saturated rings. The van der Waals surface area contributed by atoms with Crippen LogP contribution in [0.3, 0.4) is 0 Å². The topological polar surface area (TPSA) is 53.3 Å². The van der Waals surface area contributed by atoms with Crippen LogP contribution in [0.15, 0.2) is 42.1 Å². The van der Waals surface area contributed by atoms with Gasteiger partial charge in [0.15, 0.2) is 5.57 Å². The third-order valence-electron chi connectivity index (χ3n) is 2.17. The number of nitrogens with zero attached hydrogens (tertiary/aromatic N) is 2. The van der Waals surface area contributed by atoms with Crippen molar-refractivity contribution >= 4 is 11.7 Å². The predicted molar refractivity (Wildman–Crippen MR) is 69.8 cm³/mol. The number of carbonyl (C=O) groups excluding carboxylic acids is 1. The molecule has 1 rings (SSSR count). The fraction of sp³-hybridized carbons (Fsp3) is 0.286. The minimum Gasteiger partial charge on any atom is -0.459 e. The van der Waals surface area contributed by atoms with Crippen LogP contribution < -0.4 is 4.90 Å². The molecule has 0 unspecified atom stereocenters. The van der Waals surface area contributed by atoms with Gasteiger partial charge in [0, 0.05) is 18.9 Å². The lowest BCUT2D eigenvalue weighted by Gasteiger charge is -2.15. The molecule has 0 heterocycles. The zero-order valence-corrected chi connectivity index (χ0v) is 10.8. The third kappa shape index (κ3) is 3.95. The first kappa shape index (κ1) is 13.8. The predicted octanol–water partition coefficient (Wildman–Crippen LogP) is 2.48. The Hall–Kier alpha value is -2.28. The molecule has 1 aromatic rings. The Kier molecular flexibility index (Phi) is 4.94. The summed E-state index contributed by atoms with van der Waals surface area (Å²) in [5.74, 6) is -0.602. The van der Waals surface area contributed by atoms with Crippen molar-refractivity contribution in [2.24, 2.45) is 0 Å². The van der Waals surface area contributed by atoms with Crippen LogP contribution in [0, 0.1) is 11.3 Å². The van der Waals surface area contributed by atoms with E-state index >= 15 is 0 Å². The van der Waals surface area contributed by atoms with E-state index in [9.17, 15) is 4.79 Å². The van der Waals surface area contributed by atoms with Crippen molar-refractivity contribution in [3.8, 4) is 6.07 Å². The van der Waals surface area contributed by atoms with Crippen molar-refractivity contribution in [3.63, 3.8) is 0 Å². The fourth-order valence-electron chi connectivity index (χ4n) is 1.34. The molecule has 0 bridgehead atoms. The van der Waals surface area contributed by atoms with E-state index in [-0.39, 0.29) is 11.7 Å². The monoisotopic (exact) mass is 244 g/mol. The average molecular weight is 244 g/mol. The van der Waals surface area contributed by atoms with Gasteiger partial charge in [-0.3, -0.25) is 0 Å². The first-order chi connectivity index (χ1) is 8.54. The van der Waals surface area contributed by atoms with Gasteiger partial charge in [0.25, 0.3) is 0 Å². The Balaban J connectivity index is 2.86. The summed E-state index contributed by atoms with van der Waals surface area (Å²) in [6, 6.07) is 11.3. The number of rotatable bonds is 4. The third-order valence-corrected chi connectivity index (χ3v) is 2.17. The van der Waals surface area contributed by atoms with E-state index in [1.807, 2.05) is 36.4 Å². The molecule has 0 radical (unpaired) electrons. The number of nitriles is 1. The molecular weight excluding hydrogens is 228 g/mol. The van der Waals surface area contributed by atoms with Crippen molar-refractivity contribution in [1.29, 1.82) is 5.26 Å². The maximum Gasteiger partial charge on any atom is 0.350 e. The summed E-state index contributed by atoms with van der Waals surface area (Å²) in [4.78, 5) is 13.3. The van der Waals surface area contributed by atoms with Crippen molar-refractivity contribution in [2.75, 3.05) is 11.9 Å². The molecule has 0 aliphatic carbocycles. The number of carbonyl (C=O) groups is 1. The van der Waals surface area contributed by atoms with Gasteiger partial charge in [-0.15, -0.1) is 0 Å². The van der Waals surface area contributed by atoms with Gasteiger partial charge in [-0.1, -0.05) is 18.2 Å². The summed E-state index contributed by atoms with van der Waals surface area (Å²) >= 11 is 0. The van der Waals surface area contributed by atoms with Crippen LogP contribution in [-0.2, 0) is 9.53 Å². The lowest BCUT2D eigenvalue weighted by molar-refractivity contribution is -0.142. The smallest absolute Gasteiger partial charge is 0.350 e. The highest BCUT2D eigenvalue weighted by molar-refractivity contribution is 5.93. The Bertz CT molecular complexity index is 472. The molecule has 0 aliphatic heterocycles. The Morgan fingerprint density at radius 3 is 2.50 bits per heavy atom. The molecule has 1 aromatic carbocycles. The van der Waals surface area contributed by atoms with Gasteiger partial charge in [-0.25, -0.2) is 4.79 Å². The number of hydrogen-bond acceptors (Lipinski definition) is 4. The van der Waals surface area contributed by atoms with Gasteiger partial charge in [-0.2, -0.15) is 5.26 Å². The molecule has 18 heavy (non-hydrogen) atoms. The van der Waals surface area contributed by atoms with Crippen LogP contribution in [0.25, 0.3) is 0 Å². The summed E-state index contributed by atoms with van der Waals surface area (Å²) in [6.45, 7) is 3.49. The summed E-state index contributed by atoms with van der Waals surface area (Å²) in [5.41, 5.74) is 0.873. The zero-order valence-electron chi connectivity index (χ0n) is 10.8. The van der Waals surface area contributed by atoms with Crippen LogP contribution in [-0.4, -0.2) is 19.1 Å². The van der Waals surface area contributed by atoms with E-state index in [1.54, 1.807) is 25.8 Å². The normalized spacial score (nSPS) is 10.9. The Morgan fingerprint density at radius 1 is 1.39 bits per heavy atom. The van der Waals surface area contributed by atoms with Crippen molar-refractivity contribution in [3.05, 3.63) is 42.1 Å². The number of benzene rings is 1. The van der Waals surface area contributed by atoms with Crippen molar-refractivity contribution in [2.45, 2.75) is 20.0 Å². The minimum atomic E-state index is -0.602. The molecule has 0 saturated heterocycles. The molecule has 0 amide bonds. The van der Waals surface area contributed by atoms with Crippen LogP contribution >= 0.6 is 0 Å². The molecule has 0 spiro atoms. The van der Waals surface area contributed by atoms with E-state index in [0.717, 1.165) is 5.69 Å². The molecule has 0 aromatic heterocycles. The van der Waals surface area contributed by atoms with Crippen LogP contribution in [0.5, 0.6) is 0 Å². The second-order valence-electron chi connectivity index (χ2n) is 4.06. The van der Waals surface area contributed by atoms with Crippen LogP contribution in [0.1, 0.15) is 13.8 Å². The molecule has 0 atom stereocenters. The summed E-state index contributed by atoms with van der Waals surface area (Å²) in [5, 5.41) is 8.96. The molecular formula is C14H16N2O2. The van der Waals surface area contributed by atoms with Crippen LogP contribution in [0.4, 0.5) is 5.69 Å². The lowest BCUT2D eigenvalue weighted by atomic mass is 10.2. The van der Waals surface area contributed by atoms with Gasteiger partial charge in [0.1, 0.15) is 6.07 Å². The van der Waals surface area contributed by atoms with Crippen LogP contribution in [0.2, 0.25) is 0 Å². The first-order valence-electron chi connectivity index (χ1n) is 5.65. The van der Waals surface area contributed by atoms with E-state index in [0.29, 0.717) is 0 Å². The number of esters is 1. The standard InChI is InChI=1S/C14H16N2O2/c1-11(2)18-14(17)12(9-15)10-16(3)13-7-5-4-6-8-13/h4-8,10-11H,1-3H3/b12-10+. The Morgan fingerprint density at radius 2 is 2.00 bits per heavy atom. The van der Waals surface area contributed by atoms with E-state index < -0.39 is 5.97 Å². The van der Waals surface area contributed by atoms with Crippen molar-refractivity contribution < 1.29 is 9.53 Å². The fourth-order valence-corrected chi connectivity index (χ4v) is 1.34. The maximum atomic E-state index is 11.6. The van der Waals surface area contributed by atoms with Gasteiger partial charge >= 0.3 is 5.97 Å². The van der Waals surface area contributed by atoms with E-state index in [2.05, 4.69) is 0 Å². The molecule has 0 N–H and O–H groups in total. The maximum absolute atomic E-state index is 11.6. The SMILES string of the molecule is CC(C)OC(=O)/C(C#N)=C/N(C)c1ccccc1. The van der Waals surface area contributed by atoms with Gasteiger partial charge < -0.3 is 9.64 Å². The highest BCUT2D eigenvalue weighted by Gasteiger charge is 2.13. The number of para-hydroxylation sites is 1. The summed E-state index contributed by atoms with van der Waals surface area (Å²) in [7, 11) is 1.77. The second kappa shape index (κ2) is 6.45. The average Bonchev–Trinajstić information content (AvgIpc) is 2.35. The molecule has 94 valence electrons. The van der Waals surface area contributed by atoms with Crippen molar-refractivity contribution in [1.82, 2.24) is 0 Å². The molecule has 0 aliphatic rings. The van der Waals surface area contributed by atoms with Gasteiger partial charge in [-0.05, 0) is 26.0 Å². The summed E-state index contributed by atoms with van der Waals surface area (Å²) < 4.78 is 4.98. The Labute approximate surface area is 107 Å². The quantitative estimate of drug-likeness (QED) is 0.464. The largest absolute Gasteiger partial charge is 0.459 e. The first-order valence-corrected chi connectivity index (χ1v) is 5.65. The second-order valence-corrected chi connectivity index (χ2v) is 4.06.